The summed E-state index contributed by atoms with van der Waals surface area (Å²) in [4.78, 5) is 0. The van der Waals surface area contributed by atoms with E-state index in [0.29, 0.717) is 0 Å². The summed E-state index contributed by atoms with van der Waals surface area (Å²) in [6.45, 7) is 0. The van der Waals surface area contributed by atoms with Gasteiger partial charge < -0.3 is 0 Å². The third kappa shape index (κ3) is 5.10. The summed E-state index contributed by atoms with van der Waals surface area (Å²) in [6.07, 6.45) is 0. The SMILES string of the molecule is O=[S](=O)(O)[La](=[O])(=[O])=[O].[Tb]. The van der Waals surface area contributed by atoms with Gasteiger partial charge in [-0.3, -0.25) is 0 Å². The molecule has 9 heteroatoms. The number of rotatable bonds is 1. The summed E-state index contributed by atoms with van der Waals surface area (Å²) in [6, 6.07) is 0. The summed E-state index contributed by atoms with van der Waals surface area (Å²) < 4.78 is 54.5. The molecule has 6 nitrogen and oxygen atoms in total. The Morgan fingerprint density at radius 3 is 1.22 bits per heavy atom. The van der Waals surface area contributed by atoms with Gasteiger partial charge in [0.25, 0.3) is 0 Å². The third-order valence-corrected chi connectivity index (χ3v) is 7.97. The minimum Gasteiger partial charge on any atom is 0 e. The van der Waals surface area contributed by atoms with E-state index in [1.165, 1.54) is 0 Å². The second-order valence-corrected chi connectivity index (χ2v) is 15.6. The first-order chi connectivity index (χ1) is 3.25. The van der Waals surface area contributed by atoms with Gasteiger partial charge in [0.15, 0.2) is 0 Å². The normalized spacial score (nSPS) is 8.56. The van der Waals surface area contributed by atoms with Crippen molar-refractivity contribution >= 4 is 5.07 Å². The molecule has 0 atom stereocenters. The quantitative estimate of drug-likeness (QED) is 0.538. The largest absolute Gasteiger partial charge is 0 e. The smallest absolute Gasteiger partial charge is 0 e. The van der Waals surface area contributed by atoms with Crippen molar-refractivity contribution in [3.63, 3.8) is 0 Å². The van der Waals surface area contributed by atoms with Gasteiger partial charge in [0.05, 0.1) is 0 Å². The van der Waals surface area contributed by atoms with Crippen molar-refractivity contribution in [1.82, 2.24) is 0 Å². The summed E-state index contributed by atoms with van der Waals surface area (Å²) in [7, 11) is 0. The van der Waals surface area contributed by atoms with E-state index < -0.39 is 31.7 Å². The molecule has 0 aromatic rings. The summed E-state index contributed by atoms with van der Waals surface area (Å²) >= 11 is -6.92. The van der Waals surface area contributed by atoms with Crippen molar-refractivity contribution in [1.29, 1.82) is 0 Å². The van der Waals surface area contributed by atoms with E-state index >= 15 is 0 Å². The Balaban J connectivity index is 0. The number of hydrogen-bond acceptors (Lipinski definition) is 5. The van der Waals surface area contributed by atoms with Crippen LogP contribution in [0, 0.1) is 65.2 Å². The van der Waals surface area contributed by atoms with Crippen LogP contribution in [0.3, 0.4) is 0 Å². The third-order valence-electron chi connectivity index (χ3n) is 0.365. The van der Waals surface area contributed by atoms with Crippen LogP contribution in [0.2, 0.25) is 0 Å². The van der Waals surface area contributed by atoms with Gasteiger partial charge in [-0.2, -0.15) is 0 Å². The van der Waals surface area contributed by atoms with Crippen LogP contribution in [0.5, 0.6) is 0 Å². The van der Waals surface area contributed by atoms with Crippen molar-refractivity contribution in [2.75, 3.05) is 0 Å². The molecular formula is HLaO6STb. The predicted molar refractivity (Wildman–Crippen MR) is 13.6 cm³/mol. The van der Waals surface area contributed by atoms with Crippen LogP contribution in [0.1, 0.15) is 0 Å². The van der Waals surface area contributed by atoms with Crippen LogP contribution in [0.4, 0.5) is 0 Å². The number of hydrogen-bond donors (Lipinski definition) is 1. The molecule has 0 spiro atoms. The Morgan fingerprint density at radius 1 is 1.11 bits per heavy atom. The summed E-state index contributed by atoms with van der Waals surface area (Å²) in [5.41, 5.74) is 0. The molecule has 0 aromatic carbocycles. The van der Waals surface area contributed by atoms with Crippen molar-refractivity contribution < 1.29 is 83.3 Å². The van der Waals surface area contributed by atoms with Crippen LogP contribution in [-0.2, 0) is 10.2 Å². The van der Waals surface area contributed by atoms with Crippen molar-refractivity contribution in [2.45, 2.75) is 0 Å². The molecule has 0 bridgehead atoms. The minimum atomic E-state index is -6.92. The van der Waals surface area contributed by atoms with E-state index in [-0.39, 0.29) is 38.6 Å². The monoisotopic (exact) mass is 427 g/mol. The summed E-state index contributed by atoms with van der Waals surface area (Å²) in [5.74, 6) is 0. The fraction of sp³-hybridized carbons (Fsp3) is 0. The van der Waals surface area contributed by atoms with Gasteiger partial charge >= 0.3 is 49.7 Å². The Morgan fingerprint density at radius 2 is 1.22 bits per heavy atom. The van der Waals surface area contributed by atoms with Crippen LogP contribution in [0.25, 0.3) is 0 Å². The molecule has 0 amide bonds. The zero-order chi connectivity index (χ0) is 7.00. The van der Waals surface area contributed by atoms with E-state index in [1.807, 2.05) is 0 Å². The first kappa shape index (κ1) is 13.4. The van der Waals surface area contributed by atoms with Gasteiger partial charge in [0, 0.05) is 38.6 Å². The molecule has 0 saturated carbocycles. The minimum absolute atomic E-state index is 0. The average molecular weight is 427 g/mol. The molecule has 0 aliphatic rings. The molecule has 0 aliphatic heterocycles. The van der Waals surface area contributed by atoms with E-state index in [4.69, 9.17) is 4.55 Å². The molecule has 0 unspecified atom stereocenters. The molecule has 9 heavy (non-hydrogen) atoms. The Labute approximate surface area is 86.3 Å². The molecule has 1 radical (unpaired) electrons. The van der Waals surface area contributed by atoms with Gasteiger partial charge in [-0.25, -0.2) is 0 Å². The van der Waals surface area contributed by atoms with E-state index in [2.05, 4.69) is 0 Å². The Kier molecular flexibility index (Phi) is 5.92. The van der Waals surface area contributed by atoms with Gasteiger partial charge in [-0.05, 0) is 0 Å². The Hall–Kier alpha value is 1.79. The molecule has 55 valence electrons. The van der Waals surface area contributed by atoms with Gasteiger partial charge in [-0.1, -0.05) is 0 Å². The first-order valence-corrected chi connectivity index (χ1v) is 11.8. The maximum absolute atomic E-state index is 9.41. The molecule has 0 rings (SSSR count). The second-order valence-electron chi connectivity index (χ2n) is 1.09. The van der Waals surface area contributed by atoms with Gasteiger partial charge in [-0.15, -0.1) is 0 Å². The molecule has 0 aliphatic carbocycles. The topological polar surface area (TPSA) is 106 Å². The van der Waals surface area contributed by atoms with E-state index in [9.17, 15) is 13.5 Å². The standard InChI is InChI=1S/La.HO3S.3O.Tb/c;1-4(2)3;;;;/h;(H,1,2,3);;;;. The maximum atomic E-state index is 9.41. The molecule has 0 fully saturated rings. The van der Waals surface area contributed by atoms with Gasteiger partial charge in [0.2, 0.25) is 0 Å². The van der Waals surface area contributed by atoms with Crippen molar-refractivity contribution in [2.24, 2.45) is 0 Å². The van der Waals surface area contributed by atoms with Crippen molar-refractivity contribution in [3.05, 3.63) is 0 Å². The Bertz CT molecular complexity index is 296. The van der Waals surface area contributed by atoms with Crippen LogP contribution >= 0.6 is 0 Å². The van der Waals surface area contributed by atoms with E-state index in [1.54, 1.807) is 0 Å². The van der Waals surface area contributed by atoms with Crippen molar-refractivity contribution in [3.8, 4) is 0 Å². The maximum Gasteiger partial charge on any atom is 0 e. The molecule has 1 N–H and O–H groups in total. The molecule has 0 heterocycles. The van der Waals surface area contributed by atoms with Crippen LogP contribution in [0.15, 0.2) is 0 Å². The molecule has 0 aromatic heterocycles. The van der Waals surface area contributed by atoms with Crippen LogP contribution < -0.4 is 0 Å². The first-order valence-electron chi connectivity index (χ1n) is 1.46. The van der Waals surface area contributed by atoms with E-state index in [0.717, 1.165) is 0 Å². The molecular weight excluding hydrogens is 426 g/mol. The second kappa shape index (κ2) is 3.98. The average Bonchev–Trinajstić information content (AvgIpc) is 1.25. The fourth-order valence-electron chi connectivity index (χ4n) is 0. The fourth-order valence-corrected chi connectivity index (χ4v) is 0. The summed E-state index contributed by atoms with van der Waals surface area (Å²) in [5, 5.41) is -5.28. The molecule has 0 saturated heterocycles. The van der Waals surface area contributed by atoms with Gasteiger partial charge in [0.1, 0.15) is 0 Å². The zero-order valence-corrected chi connectivity index (χ0v) is 10.4. The van der Waals surface area contributed by atoms with Crippen LogP contribution in [-0.4, -0.2) is 13.0 Å². The predicted octanol–water partition coefficient (Wildman–Crippen LogP) is -1.02. The zero-order valence-electron chi connectivity index (χ0n) is 3.81.